The van der Waals surface area contributed by atoms with Crippen molar-refractivity contribution in [3.8, 4) is 0 Å². The van der Waals surface area contributed by atoms with Crippen LogP contribution in [0.3, 0.4) is 0 Å². The summed E-state index contributed by atoms with van der Waals surface area (Å²) < 4.78 is 26.7. The van der Waals surface area contributed by atoms with Crippen LogP contribution in [0, 0.1) is 11.6 Å². The van der Waals surface area contributed by atoms with Crippen LogP contribution < -0.4 is 0 Å². The Hall–Kier alpha value is -2.00. The molecule has 0 unspecified atom stereocenters. The molecule has 2 aromatic rings. The zero-order valence-electron chi connectivity index (χ0n) is 9.74. The lowest BCUT2D eigenvalue weighted by atomic mass is 10.1. The quantitative estimate of drug-likeness (QED) is 0.596. The average Bonchev–Trinajstić information content (AvgIpc) is 2.38. The Morgan fingerprint density at radius 1 is 1.05 bits per heavy atom. The highest BCUT2D eigenvalue weighted by Crippen LogP contribution is 2.15. The molecule has 0 aliphatic rings. The molecule has 0 bridgehead atoms. The number of ketones is 1. The molecule has 0 aromatic heterocycles. The molecule has 96 valence electrons. The van der Waals surface area contributed by atoms with Crippen LogP contribution in [0.2, 0.25) is 5.02 Å². The first-order valence-electron chi connectivity index (χ1n) is 5.50. The number of carbonyl (C=O) groups excluding carboxylic acids is 1. The highest BCUT2D eigenvalue weighted by Gasteiger charge is 2.06. The van der Waals surface area contributed by atoms with Gasteiger partial charge in [0.05, 0.1) is 0 Å². The Kier molecular flexibility index (Phi) is 4.07. The molecule has 0 fully saturated rings. The number of hydrogen-bond acceptors (Lipinski definition) is 1. The smallest absolute Gasteiger partial charge is 0.185 e. The molecule has 0 spiro atoms. The Bertz CT molecular complexity index is 630. The van der Waals surface area contributed by atoms with Crippen LogP contribution in [0.25, 0.3) is 6.08 Å². The highest BCUT2D eigenvalue weighted by atomic mass is 35.5. The summed E-state index contributed by atoms with van der Waals surface area (Å²) in [7, 11) is 0. The third-order valence-electron chi connectivity index (χ3n) is 2.51. The van der Waals surface area contributed by atoms with Crippen molar-refractivity contribution in [3.63, 3.8) is 0 Å². The fourth-order valence-electron chi connectivity index (χ4n) is 1.57. The van der Waals surface area contributed by atoms with E-state index >= 15 is 0 Å². The van der Waals surface area contributed by atoms with Crippen LogP contribution in [0.1, 0.15) is 15.9 Å². The van der Waals surface area contributed by atoms with Crippen molar-refractivity contribution in [1.82, 2.24) is 0 Å². The lowest BCUT2D eigenvalue weighted by Crippen LogP contribution is -1.94. The van der Waals surface area contributed by atoms with E-state index in [1.165, 1.54) is 12.1 Å². The molecule has 19 heavy (non-hydrogen) atoms. The minimum atomic E-state index is -0.713. The number of hydrogen-bond donors (Lipinski definition) is 0. The first-order valence-corrected chi connectivity index (χ1v) is 5.88. The SMILES string of the molecule is O=C(/C=C/c1c(F)cccc1F)c1cccc(Cl)c1. The van der Waals surface area contributed by atoms with E-state index in [1.54, 1.807) is 18.2 Å². The van der Waals surface area contributed by atoms with Crippen molar-refractivity contribution in [2.24, 2.45) is 0 Å². The van der Waals surface area contributed by atoms with Crippen molar-refractivity contribution in [2.75, 3.05) is 0 Å². The van der Waals surface area contributed by atoms with Crippen molar-refractivity contribution >= 4 is 23.5 Å². The summed E-state index contributed by atoms with van der Waals surface area (Å²) in [4.78, 5) is 11.8. The second kappa shape index (κ2) is 5.76. The zero-order chi connectivity index (χ0) is 13.8. The van der Waals surface area contributed by atoms with Gasteiger partial charge in [-0.25, -0.2) is 8.78 Å². The van der Waals surface area contributed by atoms with Gasteiger partial charge in [0.2, 0.25) is 0 Å². The highest BCUT2D eigenvalue weighted by molar-refractivity contribution is 6.31. The first kappa shape index (κ1) is 13.4. The molecule has 0 aliphatic heterocycles. The minimum Gasteiger partial charge on any atom is -0.289 e. The second-order valence-electron chi connectivity index (χ2n) is 3.84. The van der Waals surface area contributed by atoms with Crippen molar-refractivity contribution < 1.29 is 13.6 Å². The van der Waals surface area contributed by atoms with Gasteiger partial charge in [-0.05, 0) is 36.4 Å². The molecule has 0 N–H and O–H groups in total. The summed E-state index contributed by atoms with van der Waals surface area (Å²) in [6.07, 6.45) is 2.24. The minimum absolute atomic E-state index is 0.238. The summed E-state index contributed by atoms with van der Waals surface area (Å²) >= 11 is 5.76. The van der Waals surface area contributed by atoms with Crippen LogP contribution in [-0.4, -0.2) is 5.78 Å². The van der Waals surface area contributed by atoms with Gasteiger partial charge in [0.25, 0.3) is 0 Å². The first-order chi connectivity index (χ1) is 9.08. The molecule has 1 nitrogen and oxygen atoms in total. The summed E-state index contributed by atoms with van der Waals surface area (Å²) in [5.41, 5.74) is 0.123. The molecule has 0 aliphatic carbocycles. The lowest BCUT2D eigenvalue weighted by Gasteiger charge is -1.99. The summed E-state index contributed by atoms with van der Waals surface area (Å²) in [6.45, 7) is 0. The molecular formula is C15H9ClF2O. The van der Waals surface area contributed by atoms with Crippen LogP contribution in [0.5, 0.6) is 0 Å². The van der Waals surface area contributed by atoms with Gasteiger partial charge in [0, 0.05) is 16.1 Å². The topological polar surface area (TPSA) is 17.1 Å². The van der Waals surface area contributed by atoms with E-state index in [2.05, 4.69) is 0 Å². The predicted molar refractivity (Wildman–Crippen MR) is 71.2 cm³/mol. The summed E-state index contributed by atoms with van der Waals surface area (Å²) in [6, 6.07) is 9.87. The maximum Gasteiger partial charge on any atom is 0.185 e. The van der Waals surface area contributed by atoms with Gasteiger partial charge >= 0.3 is 0 Å². The number of rotatable bonds is 3. The Labute approximate surface area is 114 Å². The largest absolute Gasteiger partial charge is 0.289 e. The molecule has 0 radical (unpaired) electrons. The molecule has 2 rings (SSSR count). The van der Waals surface area contributed by atoms with Gasteiger partial charge in [0.1, 0.15) is 11.6 Å². The molecule has 4 heteroatoms. The van der Waals surface area contributed by atoms with Crippen LogP contribution in [0.4, 0.5) is 8.78 Å². The summed E-state index contributed by atoms with van der Waals surface area (Å²) in [5, 5.41) is 0.427. The van der Waals surface area contributed by atoms with Crippen LogP contribution in [0.15, 0.2) is 48.5 Å². The molecule has 0 amide bonds. The fraction of sp³-hybridized carbons (Fsp3) is 0. The fourth-order valence-corrected chi connectivity index (χ4v) is 1.76. The van der Waals surface area contributed by atoms with Gasteiger partial charge in [0.15, 0.2) is 5.78 Å². The molecule has 0 atom stereocenters. The van der Waals surface area contributed by atoms with Crippen molar-refractivity contribution in [3.05, 3.63) is 76.3 Å². The predicted octanol–water partition coefficient (Wildman–Crippen LogP) is 4.51. The van der Waals surface area contributed by atoms with Crippen molar-refractivity contribution in [1.29, 1.82) is 0 Å². The molecular weight excluding hydrogens is 270 g/mol. The molecule has 2 aromatic carbocycles. The van der Waals surface area contributed by atoms with E-state index < -0.39 is 11.6 Å². The Morgan fingerprint density at radius 2 is 1.68 bits per heavy atom. The number of benzene rings is 2. The monoisotopic (exact) mass is 278 g/mol. The third kappa shape index (κ3) is 3.26. The van der Waals surface area contributed by atoms with Gasteiger partial charge < -0.3 is 0 Å². The summed E-state index contributed by atoms with van der Waals surface area (Å²) in [5.74, 6) is -1.80. The Morgan fingerprint density at radius 3 is 2.32 bits per heavy atom. The van der Waals surface area contributed by atoms with Gasteiger partial charge in [-0.1, -0.05) is 29.8 Å². The number of allylic oxidation sites excluding steroid dienone is 1. The maximum atomic E-state index is 13.3. The standard InChI is InChI=1S/C15H9ClF2O/c16-11-4-1-3-10(9-11)15(19)8-7-12-13(17)5-2-6-14(12)18/h1-9H/b8-7+. The van der Waals surface area contributed by atoms with Crippen LogP contribution >= 0.6 is 11.6 Å². The van der Waals surface area contributed by atoms with Gasteiger partial charge in [-0.15, -0.1) is 0 Å². The molecule has 0 saturated heterocycles. The van der Waals surface area contributed by atoms with E-state index in [4.69, 9.17) is 11.6 Å². The number of carbonyl (C=O) groups is 1. The van der Waals surface area contributed by atoms with E-state index in [0.717, 1.165) is 24.3 Å². The second-order valence-corrected chi connectivity index (χ2v) is 4.28. The number of halogens is 3. The van der Waals surface area contributed by atoms with Crippen molar-refractivity contribution in [2.45, 2.75) is 0 Å². The van der Waals surface area contributed by atoms with Gasteiger partial charge in [-0.3, -0.25) is 4.79 Å². The average molecular weight is 279 g/mol. The van der Waals surface area contributed by atoms with E-state index in [-0.39, 0.29) is 11.3 Å². The zero-order valence-corrected chi connectivity index (χ0v) is 10.5. The van der Waals surface area contributed by atoms with Gasteiger partial charge in [-0.2, -0.15) is 0 Å². The van der Waals surface area contributed by atoms with E-state index in [9.17, 15) is 13.6 Å². The Balaban J connectivity index is 2.26. The molecule has 0 heterocycles. The third-order valence-corrected chi connectivity index (χ3v) is 2.75. The normalized spacial score (nSPS) is 10.9. The van der Waals surface area contributed by atoms with Crippen LogP contribution in [-0.2, 0) is 0 Å². The maximum absolute atomic E-state index is 13.3. The molecule has 0 saturated carbocycles. The van der Waals surface area contributed by atoms with E-state index in [1.807, 2.05) is 0 Å². The van der Waals surface area contributed by atoms with E-state index in [0.29, 0.717) is 10.6 Å². The lowest BCUT2D eigenvalue weighted by molar-refractivity contribution is 0.104.